The van der Waals surface area contributed by atoms with Crippen molar-refractivity contribution in [1.82, 2.24) is 14.6 Å². The van der Waals surface area contributed by atoms with Crippen molar-refractivity contribution in [3.8, 4) is 5.75 Å². The van der Waals surface area contributed by atoms with E-state index in [1.807, 2.05) is 33.7 Å². The third-order valence-electron chi connectivity index (χ3n) is 4.71. The lowest BCUT2D eigenvalue weighted by Crippen LogP contribution is -2.41. The molecule has 0 bridgehead atoms. The van der Waals surface area contributed by atoms with Crippen LogP contribution in [0.15, 0.2) is 48.7 Å². The fraction of sp³-hybridized carbons (Fsp3) is 0.316. The van der Waals surface area contributed by atoms with Crippen molar-refractivity contribution in [2.45, 2.75) is 19.2 Å². The van der Waals surface area contributed by atoms with E-state index in [0.717, 1.165) is 24.7 Å². The molecule has 0 spiro atoms. The van der Waals surface area contributed by atoms with Crippen molar-refractivity contribution in [2.75, 3.05) is 23.3 Å². The number of carbonyl (C=O) groups is 1. The van der Waals surface area contributed by atoms with Crippen LogP contribution in [0, 0.1) is 5.92 Å². The Bertz CT molecular complexity index is 1020. The maximum atomic E-state index is 12.7. The molecular formula is C19H18F3N5O2. The summed E-state index contributed by atoms with van der Waals surface area (Å²) < 4.78 is 42.9. The van der Waals surface area contributed by atoms with E-state index in [-0.39, 0.29) is 23.3 Å². The average Bonchev–Trinajstić information content (AvgIpc) is 3.11. The number of amides is 1. The second-order valence-electron chi connectivity index (χ2n) is 6.78. The first kappa shape index (κ1) is 19.0. The molecule has 1 saturated heterocycles. The summed E-state index contributed by atoms with van der Waals surface area (Å²) >= 11 is 0. The van der Waals surface area contributed by atoms with Gasteiger partial charge in [-0.05, 0) is 37.1 Å². The van der Waals surface area contributed by atoms with Gasteiger partial charge in [0.2, 0.25) is 11.9 Å². The van der Waals surface area contributed by atoms with E-state index in [4.69, 9.17) is 0 Å². The molecule has 7 nitrogen and oxygen atoms in total. The summed E-state index contributed by atoms with van der Waals surface area (Å²) in [4.78, 5) is 14.7. The van der Waals surface area contributed by atoms with Crippen LogP contribution in [-0.2, 0) is 4.79 Å². The summed E-state index contributed by atoms with van der Waals surface area (Å²) in [6.07, 6.45) is -1.46. The molecule has 4 rings (SSSR count). The molecule has 3 aromatic rings. The lowest BCUT2D eigenvalue weighted by molar-refractivity contribution is -0.274. The smallest absolute Gasteiger partial charge is 0.406 e. The van der Waals surface area contributed by atoms with Gasteiger partial charge >= 0.3 is 6.36 Å². The number of aromatic nitrogens is 3. The Labute approximate surface area is 164 Å². The molecule has 1 amide bonds. The normalized spacial score (nSPS) is 17.3. The molecule has 0 radical (unpaired) electrons. The second kappa shape index (κ2) is 7.61. The van der Waals surface area contributed by atoms with E-state index < -0.39 is 6.36 Å². The van der Waals surface area contributed by atoms with Crippen LogP contribution in [0.1, 0.15) is 12.8 Å². The highest BCUT2D eigenvalue weighted by Gasteiger charge is 2.31. The first-order chi connectivity index (χ1) is 13.9. The molecule has 2 aromatic heterocycles. The Kier molecular flexibility index (Phi) is 4.99. The zero-order chi connectivity index (χ0) is 20.4. The van der Waals surface area contributed by atoms with Crippen LogP contribution in [0.25, 0.3) is 5.65 Å². The Morgan fingerprint density at radius 3 is 2.86 bits per heavy atom. The molecule has 29 heavy (non-hydrogen) atoms. The van der Waals surface area contributed by atoms with E-state index in [9.17, 15) is 18.0 Å². The van der Waals surface area contributed by atoms with Crippen LogP contribution in [-0.4, -0.2) is 40.0 Å². The van der Waals surface area contributed by atoms with Gasteiger partial charge in [0.05, 0.1) is 5.92 Å². The van der Waals surface area contributed by atoms with E-state index in [1.54, 1.807) is 0 Å². The summed E-state index contributed by atoms with van der Waals surface area (Å²) in [6.45, 7) is 1.19. The van der Waals surface area contributed by atoms with Crippen molar-refractivity contribution in [1.29, 1.82) is 0 Å². The Morgan fingerprint density at radius 2 is 2.03 bits per heavy atom. The molecular weight excluding hydrogens is 387 g/mol. The van der Waals surface area contributed by atoms with Gasteiger partial charge in [-0.15, -0.1) is 23.4 Å². The summed E-state index contributed by atoms with van der Waals surface area (Å²) in [6, 6.07) is 10.8. The largest absolute Gasteiger partial charge is 0.573 e. The first-order valence-corrected chi connectivity index (χ1v) is 9.10. The molecule has 1 atom stereocenters. The van der Waals surface area contributed by atoms with Gasteiger partial charge in [-0.2, -0.15) is 0 Å². The fourth-order valence-electron chi connectivity index (χ4n) is 3.43. The standard InChI is InChI=1S/C19H18F3N5O2/c20-19(21,22)29-15-7-3-6-14(11-15)23-17(28)13-5-4-9-26(12-13)18-25-24-16-8-1-2-10-27(16)18/h1-3,6-8,10-11,13H,4-5,9,12H2,(H,23,28)/t13-/m0/s1. The number of anilines is 2. The van der Waals surface area contributed by atoms with Crippen LogP contribution >= 0.6 is 0 Å². The molecule has 10 heteroatoms. The van der Waals surface area contributed by atoms with Gasteiger partial charge in [0, 0.05) is 31.0 Å². The van der Waals surface area contributed by atoms with Crippen molar-refractivity contribution in [3.63, 3.8) is 0 Å². The highest BCUT2D eigenvalue weighted by atomic mass is 19.4. The number of halogens is 3. The molecule has 0 saturated carbocycles. The zero-order valence-corrected chi connectivity index (χ0v) is 15.3. The van der Waals surface area contributed by atoms with Crippen LogP contribution in [0.4, 0.5) is 24.8 Å². The lowest BCUT2D eigenvalue weighted by atomic mass is 9.97. The summed E-state index contributed by atoms with van der Waals surface area (Å²) in [5.74, 6) is -0.297. The lowest BCUT2D eigenvalue weighted by Gasteiger charge is -2.32. The third-order valence-corrected chi connectivity index (χ3v) is 4.71. The number of hydrogen-bond donors (Lipinski definition) is 1. The summed E-state index contributed by atoms with van der Waals surface area (Å²) in [5, 5.41) is 11.0. The molecule has 1 aliphatic rings. The molecule has 152 valence electrons. The Hall–Kier alpha value is -3.30. The second-order valence-corrected chi connectivity index (χ2v) is 6.78. The molecule has 1 fully saturated rings. The van der Waals surface area contributed by atoms with Gasteiger partial charge < -0.3 is 15.0 Å². The van der Waals surface area contributed by atoms with E-state index in [0.29, 0.717) is 18.9 Å². The van der Waals surface area contributed by atoms with E-state index >= 15 is 0 Å². The number of benzene rings is 1. The first-order valence-electron chi connectivity index (χ1n) is 9.10. The zero-order valence-electron chi connectivity index (χ0n) is 15.3. The minimum absolute atomic E-state index is 0.252. The van der Waals surface area contributed by atoms with Crippen LogP contribution in [0.2, 0.25) is 0 Å². The predicted octanol–water partition coefficient (Wildman–Crippen LogP) is 3.48. The van der Waals surface area contributed by atoms with E-state index in [2.05, 4.69) is 20.3 Å². The number of hydrogen-bond acceptors (Lipinski definition) is 5. The van der Waals surface area contributed by atoms with Crippen LogP contribution in [0.3, 0.4) is 0 Å². The fourth-order valence-corrected chi connectivity index (χ4v) is 3.43. The number of nitrogens with zero attached hydrogens (tertiary/aromatic N) is 4. The number of alkyl halides is 3. The van der Waals surface area contributed by atoms with Crippen molar-refractivity contribution < 1.29 is 22.7 Å². The van der Waals surface area contributed by atoms with Gasteiger partial charge in [0.15, 0.2) is 5.65 Å². The number of nitrogens with one attached hydrogen (secondary N) is 1. The third kappa shape index (κ3) is 4.41. The number of piperidine rings is 1. The minimum Gasteiger partial charge on any atom is -0.406 e. The SMILES string of the molecule is O=C(Nc1cccc(OC(F)(F)F)c1)[C@H]1CCCN(c2nnc3ccccn23)C1. The van der Waals surface area contributed by atoms with Gasteiger partial charge in [0.25, 0.3) is 0 Å². The van der Waals surface area contributed by atoms with Crippen LogP contribution in [0.5, 0.6) is 5.75 Å². The molecule has 1 N–H and O–H groups in total. The Morgan fingerprint density at radius 1 is 1.17 bits per heavy atom. The van der Waals surface area contributed by atoms with Gasteiger partial charge in [-0.3, -0.25) is 9.20 Å². The van der Waals surface area contributed by atoms with E-state index in [1.165, 1.54) is 18.2 Å². The molecule has 0 unspecified atom stereocenters. The highest BCUT2D eigenvalue weighted by molar-refractivity contribution is 5.93. The quantitative estimate of drug-likeness (QED) is 0.720. The summed E-state index contributed by atoms with van der Waals surface area (Å²) in [7, 11) is 0. The minimum atomic E-state index is -4.78. The van der Waals surface area contributed by atoms with Gasteiger partial charge in [0.1, 0.15) is 5.75 Å². The topological polar surface area (TPSA) is 71.8 Å². The Balaban J connectivity index is 1.45. The number of fused-ring (bicyclic) bond motifs is 1. The van der Waals surface area contributed by atoms with Crippen molar-refractivity contribution >= 4 is 23.2 Å². The number of carbonyl (C=O) groups excluding carboxylic acids is 1. The molecule has 0 aliphatic carbocycles. The number of pyridine rings is 1. The number of ether oxygens (including phenoxy) is 1. The average molecular weight is 405 g/mol. The predicted molar refractivity (Wildman–Crippen MR) is 99.7 cm³/mol. The van der Waals surface area contributed by atoms with Gasteiger partial charge in [-0.1, -0.05) is 12.1 Å². The van der Waals surface area contributed by atoms with Crippen LogP contribution < -0.4 is 15.0 Å². The highest BCUT2D eigenvalue weighted by Crippen LogP contribution is 2.27. The maximum absolute atomic E-state index is 12.7. The maximum Gasteiger partial charge on any atom is 0.573 e. The monoisotopic (exact) mass is 405 g/mol. The summed E-state index contributed by atoms with van der Waals surface area (Å²) in [5.41, 5.74) is 0.970. The van der Waals surface area contributed by atoms with Crippen molar-refractivity contribution in [2.24, 2.45) is 5.92 Å². The van der Waals surface area contributed by atoms with Gasteiger partial charge in [-0.25, -0.2) is 0 Å². The molecule has 1 aromatic carbocycles. The molecule has 3 heterocycles. The number of rotatable bonds is 4. The molecule has 1 aliphatic heterocycles. The van der Waals surface area contributed by atoms with Crippen molar-refractivity contribution in [3.05, 3.63) is 48.7 Å².